The third-order valence-electron chi connectivity index (χ3n) is 6.22. The zero-order valence-electron chi connectivity index (χ0n) is 22.5. The highest BCUT2D eigenvalue weighted by molar-refractivity contribution is 7.92. The fraction of sp³-hybridized carbons (Fsp3) is 0.286. The van der Waals surface area contributed by atoms with E-state index in [0.717, 1.165) is 11.0 Å². The van der Waals surface area contributed by atoms with Crippen molar-refractivity contribution in [3.05, 3.63) is 92.9 Å². The van der Waals surface area contributed by atoms with E-state index in [-0.39, 0.29) is 21.5 Å². The van der Waals surface area contributed by atoms with E-state index < -0.39 is 51.9 Å². The van der Waals surface area contributed by atoms with Crippen molar-refractivity contribution in [1.29, 1.82) is 0 Å². The smallest absolute Gasteiger partial charge is 0.354 e. The fourth-order valence-electron chi connectivity index (χ4n) is 3.93. The Morgan fingerprint density at radius 3 is 2.21 bits per heavy atom. The Morgan fingerprint density at radius 1 is 0.952 bits per heavy atom. The van der Waals surface area contributed by atoms with Crippen molar-refractivity contribution >= 4 is 62.3 Å². The third kappa shape index (κ3) is 8.09. The number of nitrogens with one attached hydrogen (secondary N) is 1. The minimum absolute atomic E-state index is 0.191. The van der Waals surface area contributed by atoms with Crippen LogP contribution in [0.5, 0.6) is 0 Å². The van der Waals surface area contributed by atoms with Gasteiger partial charge in [0.05, 0.1) is 21.2 Å². The molecule has 14 heteroatoms. The quantitative estimate of drug-likeness (QED) is 0.244. The maximum absolute atomic E-state index is 13.9. The molecule has 0 saturated carbocycles. The molecule has 0 aromatic heterocycles. The zero-order valence-corrected chi connectivity index (χ0v) is 25.5. The molecule has 226 valence electrons. The van der Waals surface area contributed by atoms with Crippen LogP contribution < -0.4 is 9.62 Å². The molecule has 0 saturated heterocycles. The highest BCUT2D eigenvalue weighted by Crippen LogP contribution is 2.37. The second kappa shape index (κ2) is 14.0. The van der Waals surface area contributed by atoms with Gasteiger partial charge in [-0.05, 0) is 61.4 Å². The number of hydrogen-bond donors (Lipinski definition) is 1. The Labute approximate surface area is 257 Å². The second-order valence-electron chi connectivity index (χ2n) is 9.21. The van der Waals surface area contributed by atoms with Gasteiger partial charge in [-0.2, -0.15) is 13.2 Å². The summed E-state index contributed by atoms with van der Waals surface area (Å²) in [5.74, 6) is -1.42. The van der Waals surface area contributed by atoms with E-state index in [4.69, 9.17) is 34.8 Å². The lowest BCUT2D eigenvalue weighted by atomic mass is 10.1. The maximum atomic E-state index is 13.9. The van der Waals surface area contributed by atoms with Gasteiger partial charge in [-0.15, -0.1) is 0 Å². The number of nitrogens with zero attached hydrogens (tertiary/aromatic N) is 2. The van der Waals surface area contributed by atoms with Gasteiger partial charge in [0.2, 0.25) is 11.8 Å². The van der Waals surface area contributed by atoms with Crippen molar-refractivity contribution in [2.75, 3.05) is 17.4 Å². The highest BCUT2D eigenvalue weighted by Gasteiger charge is 2.36. The lowest BCUT2D eigenvalue weighted by molar-refractivity contribution is -0.139. The fourth-order valence-corrected chi connectivity index (χ4v) is 6.11. The number of halogens is 6. The van der Waals surface area contributed by atoms with Crippen LogP contribution in [0.25, 0.3) is 0 Å². The van der Waals surface area contributed by atoms with Crippen molar-refractivity contribution < 1.29 is 31.2 Å². The molecule has 0 aliphatic heterocycles. The molecule has 1 atom stereocenters. The third-order valence-corrected chi connectivity index (χ3v) is 8.91. The van der Waals surface area contributed by atoms with Crippen molar-refractivity contribution in [1.82, 2.24) is 10.2 Å². The first-order valence-corrected chi connectivity index (χ1v) is 15.2. The Morgan fingerprint density at radius 2 is 1.62 bits per heavy atom. The van der Waals surface area contributed by atoms with Crippen LogP contribution in [-0.2, 0) is 32.3 Å². The lowest BCUT2D eigenvalue weighted by Crippen LogP contribution is -2.51. The molecule has 0 heterocycles. The van der Waals surface area contributed by atoms with Gasteiger partial charge in [-0.25, -0.2) is 8.42 Å². The van der Waals surface area contributed by atoms with E-state index in [9.17, 15) is 31.2 Å². The van der Waals surface area contributed by atoms with Gasteiger partial charge in [0.1, 0.15) is 12.6 Å². The summed E-state index contributed by atoms with van der Waals surface area (Å²) in [5.41, 5.74) is -1.32. The number of amides is 2. The first-order chi connectivity index (χ1) is 19.7. The summed E-state index contributed by atoms with van der Waals surface area (Å²) in [5, 5.41) is 2.87. The van der Waals surface area contributed by atoms with Gasteiger partial charge in [-0.3, -0.25) is 13.9 Å². The predicted molar refractivity (Wildman–Crippen MR) is 157 cm³/mol. The Balaban J connectivity index is 2.13. The van der Waals surface area contributed by atoms with Crippen LogP contribution >= 0.6 is 34.8 Å². The van der Waals surface area contributed by atoms with E-state index >= 15 is 0 Å². The first kappa shape index (κ1) is 33.5. The largest absolute Gasteiger partial charge is 0.416 e. The molecule has 0 radical (unpaired) electrons. The van der Waals surface area contributed by atoms with E-state index in [1.165, 1.54) is 43.3 Å². The molecule has 3 rings (SSSR count). The molecule has 0 unspecified atom stereocenters. The molecule has 7 nitrogen and oxygen atoms in total. The van der Waals surface area contributed by atoms with Gasteiger partial charge in [0.25, 0.3) is 10.0 Å². The molecular weight excluding hydrogens is 638 g/mol. The second-order valence-corrected chi connectivity index (χ2v) is 12.3. The van der Waals surface area contributed by atoms with Gasteiger partial charge in [0.15, 0.2) is 0 Å². The number of carbonyl (C=O) groups excluding carboxylic acids is 2. The van der Waals surface area contributed by atoms with Gasteiger partial charge in [0, 0.05) is 23.1 Å². The standard InChI is InChI=1S/C28H27Cl3F3N3O4S/c1-3-13-35-27(39)18(2)36(16-19-9-11-21(29)15-24(19)31)26(38)17-37(42(40,41)22-7-5-4-6-8-22)25-14-20(28(32,33)34)10-12-23(25)30/h4-12,14-15,18H,3,13,16-17H2,1-2H3,(H,35,39)/t18-/m1/s1. The molecular formula is C28H27Cl3F3N3O4S. The average molecular weight is 665 g/mol. The summed E-state index contributed by atoms with van der Waals surface area (Å²) < 4.78 is 69.0. The van der Waals surface area contributed by atoms with E-state index in [1.807, 2.05) is 6.92 Å². The number of alkyl halides is 3. The van der Waals surface area contributed by atoms with E-state index in [0.29, 0.717) is 40.0 Å². The number of rotatable bonds is 11. The van der Waals surface area contributed by atoms with Crippen LogP contribution in [0.4, 0.5) is 18.9 Å². The van der Waals surface area contributed by atoms with Gasteiger partial charge in [-0.1, -0.05) is 66.0 Å². The number of sulfonamides is 1. The van der Waals surface area contributed by atoms with Crippen molar-refractivity contribution in [2.45, 2.75) is 43.9 Å². The summed E-state index contributed by atoms with van der Waals surface area (Å²) >= 11 is 18.6. The summed E-state index contributed by atoms with van der Waals surface area (Å²) in [4.78, 5) is 27.6. The normalized spacial score (nSPS) is 12.5. The average Bonchev–Trinajstić information content (AvgIpc) is 2.94. The summed E-state index contributed by atoms with van der Waals surface area (Å²) in [6.45, 7) is 2.40. The molecule has 1 N–H and O–H groups in total. The van der Waals surface area contributed by atoms with Crippen molar-refractivity contribution in [3.63, 3.8) is 0 Å². The molecule has 2 amide bonds. The molecule has 42 heavy (non-hydrogen) atoms. The monoisotopic (exact) mass is 663 g/mol. The SMILES string of the molecule is CCCNC(=O)[C@@H](C)N(Cc1ccc(Cl)cc1Cl)C(=O)CN(c1cc(C(F)(F)F)ccc1Cl)S(=O)(=O)c1ccccc1. The summed E-state index contributed by atoms with van der Waals surface area (Å²) in [6, 6.07) is 12.5. The first-order valence-electron chi connectivity index (χ1n) is 12.6. The van der Waals surface area contributed by atoms with E-state index in [2.05, 4.69) is 5.32 Å². The van der Waals surface area contributed by atoms with Crippen molar-refractivity contribution in [3.8, 4) is 0 Å². The Hall–Kier alpha value is -2.99. The van der Waals surface area contributed by atoms with Crippen LogP contribution in [0.15, 0.2) is 71.6 Å². The molecule has 0 aliphatic carbocycles. The van der Waals surface area contributed by atoms with Crippen LogP contribution in [0.3, 0.4) is 0 Å². The van der Waals surface area contributed by atoms with Crippen LogP contribution in [0, 0.1) is 0 Å². The minimum atomic E-state index is -4.82. The summed E-state index contributed by atoms with van der Waals surface area (Å²) in [7, 11) is -4.62. The zero-order chi connectivity index (χ0) is 31.2. The van der Waals surface area contributed by atoms with E-state index in [1.54, 1.807) is 12.1 Å². The lowest BCUT2D eigenvalue weighted by Gasteiger charge is -2.32. The number of carbonyl (C=O) groups is 2. The molecule has 0 aliphatic rings. The van der Waals surface area contributed by atoms with Crippen LogP contribution in [0.1, 0.15) is 31.4 Å². The number of benzene rings is 3. The Kier molecular flexibility index (Phi) is 11.2. The number of anilines is 1. The molecule has 0 fully saturated rings. The summed E-state index contributed by atoms with van der Waals surface area (Å²) in [6.07, 6.45) is -4.21. The minimum Gasteiger partial charge on any atom is -0.354 e. The molecule has 3 aromatic rings. The maximum Gasteiger partial charge on any atom is 0.416 e. The highest BCUT2D eigenvalue weighted by atomic mass is 35.5. The molecule has 0 spiro atoms. The van der Waals surface area contributed by atoms with Crippen LogP contribution in [0.2, 0.25) is 15.1 Å². The topological polar surface area (TPSA) is 86.8 Å². The molecule has 0 bridgehead atoms. The number of hydrogen-bond acceptors (Lipinski definition) is 4. The molecule has 3 aromatic carbocycles. The predicted octanol–water partition coefficient (Wildman–Crippen LogP) is 6.80. The Bertz CT molecular complexity index is 1540. The van der Waals surface area contributed by atoms with Crippen molar-refractivity contribution in [2.24, 2.45) is 0 Å². The van der Waals surface area contributed by atoms with Crippen LogP contribution in [-0.4, -0.2) is 44.3 Å². The van der Waals surface area contributed by atoms with Gasteiger partial charge < -0.3 is 10.2 Å². The van der Waals surface area contributed by atoms with Gasteiger partial charge >= 0.3 is 6.18 Å².